The molecule has 2 aromatic heterocycles. The third kappa shape index (κ3) is 4.36. The maximum atomic E-state index is 5.97. The van der Waals surface area contributed by atoms with Gasteiger partial charge in [0.15, 0.2) is 12.4 Å². The molecule has 162 valence electrons. The summed E-state index contributed by atoms with van der Waals surface area (Å²) in [6.07, 6.45) is 11.6. The summed E-state index contributed by atoms with van der Waals surface area (Å²) < 4.78 is 13.8. The van der Waals surface area contributed by atoms with Gasteiger partial charge in [-0.2, -0.15) is 0 Å². The molecule has 6 nitrogen and oxygen atoms in total. The van der Waals surface area contributed by atoms with E-state index in [2.05, 4.69) is 41.1 Å². The van der Waals surface area contributed by atoms with Gasteiger partial charge >= 0.3 is 0 Å². The van der Waals surface area contributed by atoms with E-state index in [1.807, 2.05) is 23.7 Å². The van der Waals surface area contributed by atoms with Crippen molar-refractivity contribution in [2.75, 3.05) is 33.0 Å². The predicted molar refractivity (Wildman–Crippen MR) is 122 cm³/mol. The first-order valence-electron chi connectivity index (χ1n) is 11.3. The first-order chi connectivity index (χ1) is 15.2. The molecule has 1 aromatic carbocycles. The Morgan fingerprint density at radius 1 is 1.16 bits per heavy atom. The Morgan fingerprint density at radius 2 is 2.03 bits per heavy atom. The Kier molecular flexibility index (Phi) is 5.74. The summed E-state index contributed by atoms with van der Waals surface area (Å²) in [4.78, 5) is 11.7. The molecule has 0 atom stereocenters. The van der Waals surface area contributed by atoms with Gasteiger partial charge < -0.3 is 18.8 Å². The molecule has 2 aliphatic rings. The number of aryl methyl sites for hydroxylation is 1. The molecule has 1 fully saturated rings. The fraction of sp³-hybridized carbons (Fsp3) is 0.440. The quantitative estimate of drug-likeness (QED) is 0.623. The number of nitrogens with zero attached hydrogens (tertiary/aromatic N) is 4. The van der Waals surface area contributed by atoms with Crippen molar-refractivity contribution in [3.8, 4) is 5.75 Å². The van der Waals surface area contributed by atoms with Crippen LogP contribution in [0.4, 0.5) is 0 Å². The summed E-state index contributed by atoms with van der Waals surface area (Å²) in [7, 11) is 0. The second-order valence-electron chi connectivity index (χ2n) is 8.61. The number of hydrogen-bond acceptors (Lipinski definition) is 5. The van der Waals surface area contributed by atoms with E-state index in [-0.39, 0.29) is 6.79 Å². The van der Waals surface area contributed by atoms with Crippen LogP contribution in [0.15, 0.2) is 36.8 Å². The molecule has 6 heteroatoms. The van der Waals surface area contributed by atoms with Gasteiger partial charge in [0.25, 0.3) is 0 Å². The lowest BCUT2D eigenvalue weighted by atomic mass is 9.88. The molecule has 0 aliphatic carbocycles. The SMILES string of the molecule is CCCN1CCC(c2ccc3c(c2)OCOC/C(c2cn4cc(C)ncc4n2)=C\3)CC1. The lowest BCUT2D eigenvalue weighted by molar-refractivity contribution is 0.0323. The van der Waals surface area contributed by atoms with Crippen LogP contribution in [0.2, 0.25) is 0 Å². The van der Waals surface area contributed by atoms with Crippen LogP contribution >= 0.6 is 0 Å². The first kappa shape index (κ1) is 20.2. The minimum atomic E-state index is 0.247. The van der Waals surface area contributed by atoms with E-state index in [9.17, 15) is 0 Å². The Balaban J connectivity index is 1.41. The van der Waals surface area contributed by atoms with Crippen molar-refractivity contribution in [1.82, 2.24) is 19.3 Å². The number of hydrogen-bond donors (Lipinski definition) is 0. The van der Waals surface area contributed by atoms with Crippen LogP contribution in [0.1, 0.15) is 54.6 Å². The van der Waals surface area contributed by atoms with Gasteiger partial charge in [-0.05, 0) is 69.4 Å². The van der Waals surface area contributed by atoms with Crippen molar-refractivity contribution >= 4 is 17.3 Å². The highest BCUT2D eigenvalue weighted by molar-refractivity contribution is 5.83. The molecule has 3 aromatic rings. The molecule has 5 rings (SSSR count). The van der Waals surface area contributed by atoms with E-state index < -0.39 is 0 Å². The van der Waals surface area contributed by atoms with E-state index in [1.165, 1.54) is 44.5 Å². The number of rotatable bonds is 4. The van der Waals surface area contributed by atoms with Gasteiger partial charge in [0.2, 0.25) is 0 Å². The van der Waals surface area contributed by atoms with E-state index in [0.717, 1.165) is 33.9 Å². The second kappa shape index (κ2) is 8.81. The van der Waals surface area contributed by atoms with Crippen LogP contribution in [0.5, 0.6) is 5.75 Å². The van der Waals surface area contributed by atoms with Gasteiger partial charge in [-0.3, -0.25) is 4.98 Å². The van der Waals surface area contributed by atoms with Gasteiger partial charge in [-0.1, -0.05) is 19.1 Å². The summed E-state index contributed by atoms with van der Waals surface area (Å²) in [6, 6.07) is 6.68. The fourth-order valence-corrected chi connectivity index (χ4v) is 4.65. The number of ether oxygens (including phenoxy) is 2. The number of imidazole rings is 1. The van der Waals surface area contributed by atoms with Gasteiger partial charge in [0.1, 0.15) is 5.75 Å². The number of benzene rings is 1. The number of aromatic nitrogens is 3. The van der Waals surface area contributed by atoms with E-state index >= 15 is 0 Å². The molecule has 0 amide bonds. The molecule has 4 heterocycles. The Bertz CT molecular complexity index is 1100. The lowest BCUT2D eigenvalue weighted by Crippen LogP contribution is -2.33. The molecule has 0 bridgehead atoms. The van der Waals surface area contributed by atoms with Crippen LogP contribution in [0.25, 0.3) is 17.3 Å². The average molecular weight is 419 g/mol. The van der Waals surface area contributed by atoms with E-state index in [1.54, 1.807) is 6.20 Å². The largest absolute Gasteiger partial charge is 0.467 e. The van der Waals surface area contributed by atoms with Crippen molar-refractivity contribution in [2.24, 2.45) is 0 Å². The van der Waals surface area contributed by atoms with Gasteiger partial charge in [0.05, 0.1) is 24.2 Å². The fourth-order valence-electron chi connectivity index (χ4n) is 4.65. The van der Waals surface area contributed by atoms with E-state index in [0.29, 0.717) is 12.5 Å². The summed E-state index contributed by atoms with van der Waals surface area (Å²) in [5.41, 5.74) is 6.21. The molecule has 0 radical (unpaired) electrons. The third-order valence-electron chi connectivity index (χ3n) is 6.32. The lowest BCUT2D eigenvalue weighted by Gasteiger charge is -2.32. The molecule has 0 spiro atoms. The van der Waals surface area contributed by atoms with Crippen LogP contribution in [0, 0.1) is 6.92 Å². The standard InChI is InChI=1S/C25H30N4O2/c1-3-8-28-9-6-19(7-10-28)20-4-5-21-11-22(16-30-17-31-24(21)12-20)23-15-29-14-18(2)26-13-25(29)27-23/h4-5,11-15,19H,3,6-10,16-17H2,1-2H3/b22-11+. The van der Waals surface area contributed by atoms with Crippen molar-refractivity contribution in [3.63, 3.8) is 0 Å². The topological polar surface area (TPSA) is 51.9 Å². The highest BCUT2D eigenvalue weighted by atomic mass is 16.7. The van der Waals surface area contributed by atoms with Crippen LogP contribution in [0.3, 0.4) is 0 Å². The van der Waals surface area contributed by atoms with Crippen molar-refractivity contribution in [3.05, 3.63) is 59.3 Å². The molecule has 31 heavy (non-hydrogen) atoms. The number of likely N-dealkylation sites (tertiary alicyclic amines) is 1. The van der Waals surface area contributed by atoms with Crippen LogP contribution < -0.4 is 4.74 Å². The summed E-state index contributed by atoms with van der Waals surface area (Å²) in [5, 5.41) is 0. The minimum absolute atomic E-state index is 0.247. The molecule has 0 unspecified atom stereocenters. The normalized spacial score (nSPS) is 19.9. The molecule has 2 aliphatic heterocycles. The maximum Gasteiger partial charge on any atom is 0.189 e. The smallest absolute Gasteiger partial charge is 0.189 e. The molecular weight excluding hydrogens is 388 g/mol. The van der Waals surface area contributed by atoms with Crippen molar-refractivity contribution in [1.29, 1.82) is 0 Å². The molecule has 0 N–H and O–H groups in total. The monoisotopic (exact) mass is 418 g/mol. The zero-order valence-corrected chi connectivity index (χ0v) is 18.4. The average Bonchev–Trinajstić information content (AvgIpc) is 3.18. The zero-order valence-electron chi connectivity index (χ0n) is 18.4. The van der Waals surface area contributed by atoms with E-state index in [4.69, 9.17) is 14.5 Å². The second-order valence-corrected chi connectivity index (χ2v) is 8.61. The highest BCUT2D eigenvalue weighted by Crippen LogP contribution is 2.34. The van der Waals surface area contributed by atoms with Crippen molar-refractivity contribution < 1.29 is 9.47 Å². The Labute approximate surface area is 183 Å². The molecular formula is C25H30N4O2. The third-order valence-corrected chi connectivity index (χ3v) is 6.32. The maximum absolute atomic E-state index is 5.97. The summed E-state index contributed by atoms with van der Waals surface area (Å²) in [6.45, 7) is 8.54. The zero-order chi connectivity index (χ0) is 21.2. The van der Waals surface area contributed by atoms with Gasteiger partial charge in [-0.15, -0.1) is 0 Å². The Morgan fingerprint density at radius 3 is 2.87 bits per heavy atom. The van der Waals surface area contributed by atoms with Crippen LogP contribution in [-0.4, -0.2) is 52.3 Å². The molecule has 0 saturated carbocycles. The predicted octanol–water partition coefficient (Wildman–Crippen LogP) is 4.53. The first-order valence-corrected chi connectivity index (χ1v) is 11.3. The Hall–Kier alpha value is -2.70. The number of fused-ring (bicyclic) bond motifs is 2. The molecule has 1 saturated heterocycles. The summed E-state index contributed by atoms with van der Waals surface area (Å²) >= 11 is 0. The van der Waals surface area contributed by atoms with Crippen LogP contribution in [-0.2, 0) is 4.74 Å². The summed E-state index contributed by atoms with van der Waals surface area (Å²) in [5.74, 6) is 1.50. The minimum Gasteiger partial charge on any atom is -0.467 e. The number of piperidine rings is 1. The van der Waals surface area contributed by atoms with Crippen molar-refractivity contribution in [2.45, 2.75) is 39.0 Å². The van der Waals surface area contributed by atoms with Gasteiger partial charge in [0, 0.05) is 23.5 Å². The van der Waals surface area contributed by atoms with Gasteiger partial charge in [-0.25, -0.2) is 4.98 Å². The highest BCUT2D eigenvalue weighted by Gasteiger charge is 2.21.